The molecule has 3 heterocycles. The first kappa shape index (κ1) is 14.2. The van der Waals surface area contributed by atoms with E-state index in [-0.39, 0.29) is 12.3 Å². The average Bonchev–Trinajstić information content (AvgIpc) is 3.05. The summed E-state index contributed by atoms with van der Waals surface area (Å²) in [5.74, 6) is -1.65. The van der Waals surface area contributed by atoms with Crippen LogP contribution < -0.4 is 10.2 Å². The van der Waals surface area contributed by atoms with Gasteiger partial charge in [0.05, 0.1) is 11.5 Å². The lowest BCUT2D eigenvalue weighted by Crippen LogP contribution is -2.55. The van der Waals surface area contributed by atoms with Crippen molar-refractivity contribution in [3.8, 4) is 0 Å². The molecule has 1 spiro atoms. The molecule has 0 bridgehead atoms. The topological polar surface area (TPSA) is 95.4 Å². The minimum absolute atomic E-state index is 0.0914. The fraction of sp³-hybridized carbons (Fsp3) is 0.692. The Hall–Kier alpha value is -1.70. The second kappa shape index (κ2) is 5.25. The van der Waals surface area contributed by atoms with E-state index in [1.807, 2.05) is 6.92 Å². The van der Waals surface area contributed by atoms with Crippen LogP contribution in [-0.4, -0.2) is 45.8 Å². The molecule has 2 aliphatic rings. The number of piperidine rings is 1. The maximum atomic E-state index is 11.6. The van der Waals surface area contributed by atoms with Crippen molar-refractivity contribution in [3.05, 3.63) is 5.01 Å². The number of nitrogens with zero attached hydrogens (tertiary/aromatic N) is 3. The number of aliphatic carboxylic acids is 1. The number of hydrogen-bond donors (Lipinski definition) is 2. The highest BCUT2D eigenvalue weighted by Gasteiger charge is 2.51. The summed E-state index contributed by atoms with van der Waals surface area (Å²) in [6, 6.07) is 0. The first-order valence-electron chi connectivity index (χ1n) is 7.15. The molecule has 0 unspecified atom stereocenters. The van der Waals surface area contributed by atoms with Gasteiger partial charge < -0.3 is 15.3 Å². The van der Waals surface area contributed by atoms with Gasteiger partial charge in [-0.25, -0.2) is 0 Å². The molecule has 1 amide bonds. The molecule has 2 saturated heterocycles. The standard InChI is InChI=1S/C13H18N4O3S/c1-2-10-15-16-12(21-10)17-5-3-13(4-6-17)8(11(19)20)7-9(18)14-13/h8H,2-7H2,1H3,(H,14,18)(H,19,20)/t8-/m0/s1. The maximum Gasteiger partial charge on any atom is 0.309 e. The molecular weight excluding hydrogens is 292 g/mol. The molecule has 1 aromatic heterocycles. The summed E-state index contributed by atoms with van der Waals surface area (Å²) in [5.41, 5.74) is -0.586. The average molecular weight is 310 g/mol. The lowest BCUT2D eigenvalue weighted by molar-refractivity contribution is -0.144. The van der Waals surface area contributed by atoms with E-state index in [9.17, 15) is 14.7 Å². The molecule has 2 N–H and O–H groups in total. The van der Waals surface area contributed by atoms with Gasteiger partial charge in [0, 0.05) is 19.5 Å². The van der Waals surface area contributed by atoms with Crippen molar-refractivity contribution in [2.45, 2.75) is 38.1 Å². The normalized spacial score (nSPS) is 24.3. The van der Waals surface area contributed by atoms with Gasteiger partial charge in [0.25, 0.3) is 0 Å². The van der Waals surface area contributed by atoms with Crippen molar-refractivity contribution < 1.29 is 14.7 Å². The number of carboxylic acids is 1. The number of rotatable bonds is 3. The molecule has 0 aliphatic carbocycles. The number of carbonyl (C=O) groups excluding carboxylic acids is 1. The van der Waals surface area contributed by atoms with Gasteiger partial charge >= 0.3 is 5.97 Å². The van der Waals surface area contributed by atoms with Crippen molar-refractivity contribution in [1.29, 1.82) is 0 Å². The van der Waals surface area contributed by atoms with Gasteiger partial charge in [-0.3, -0.25) is 9.59 Å². The summed E-state index contributed by atoms with van der Waals surface area (Å²) in [5, 5.41) is 22.4. The van der Waals surface area contributed by atoms with Gasteiger partial charge in [0.15, 0.2) is 0 Å². The van der Waals surface area contributed by atoms with E-state index in [2.05, 4.69) is 20.4 Å². The van der Waals surface area contributed by atoms with Crippen LogP contribution in [0.1, 0.15) is 31.2 Å². The summed E-state index contributed by atoms with van der Waals surface area (Å²) in [4.78, 5) is 25.1. The second-order valence-corrected chi connectivity index (χ2v) is 6.66. The van der Waals surface area contributed by atoms with Crippen LogP contribution in [0.4, 0.5) is 5.13 Å². The molecule has 8 heteroatoms. The Bertz CT molecular complexity index is 566. The molecule has 7 nitrogen and oxygen atoms in total. The third kappa shape index (κ3) is 2.48. The van der Waals surface area contributed by atoms with E-state index in [1.165, 1.54) is 0 Å². The lowest BCUT2D eigenvalue weighted by Gasteiger charge is -2.41. The molecule has 0 aromatic carbocycles. The van der Waals surface area contributed by atoms with Gasteiger partial charge in [-0.1, -0.05) is 18.3 Å². The number of aryl methyl sites for hydroxylation is 1. The van der Waals surface area contributed by atoms with Crippen molar-refractivity contribution >= 4 is 28.3 Å². The van der Waals surface area contributed by atoms with Crippen LogP contribution in [-0.2, 0) is 16.0 Å². The summed E-state index contributed by atoms with van der Waals surface area (Å²) >= 11 is 1.58. The smallest absolute Gasteiger partial charge is 0.309 e. The molecule has 0 saturated carbocycles. The van der Waals surface area contributed by atoms with Gasteiger partial charge in [-0.2, -0.15) is 0 Å². The highest BCUT2D eigenvalue weighted by atomic mass is 32.1. The highest BCUT2D eigenvalue weighted by Crippen LogP contribution is 2.38. The monoisotopic (exact) mass is 310 g/mol. The number of carboxylic acid groups (broad SMARTS) is 1. The van der Waals surface area contributed by atoms with Gasteiger partial charge in [-0.05, 0) is 19.3 Å². The number of hydrogen-bond acceptors (Lipinski definition) is 6. The molecule has 1 atom stereocenters. The van der Waals surface area contributed by atoms with Crippen molar-refractivity contribution in [3.63, 3.8) is 0 Å². The number of carbonyl (C=O) groups is 2. The zero-order valence-corrected chi connectivity index (χ0v) is 12.7. The minimum Gasteiger partial charge on any atom is -0.481 e. The molecule has 2 aliphatic heterocycles. The Kier molecular flexibility index (Phi) is 3.56. The van der Waals surface area contributed by atoms with Gasteiger partial charge in [-0.15, -0.1) is 10.2 Å². The van der Waals surface area contributed by atoms with E-state index >= 15 is 0 Å². The van der Waals surface area contributed by atoms with E-state index in [0.29, 0.717) is 25.9 Å². The third-order valence-electron chi connectivity index (χ3n) is 4.43. The van der Waals surface area contributed by atoms with Crippen LogP contribution in [0.25, 0.3) is 0 Å². The predicted molar refractivity (Wildman–Crippen MR) is 77.4 cm³/mol. The number of anilines is 1. The first-order chi connectivity index (χ1) is 10.0. The number of aromatic nitrogens is 2. The van der Waals surface area contributed by atoms with E-state index in [0.717, 1.165) is 16.6 Å². The Morgan fingerprint density at radius 3 is 2.76 bits per heavy atom. The van der Waals surface area contributed by atoms with E-state index in [1.54, 1.807) is 11.3 Å². The summed E-state index contributed by atoms with van der Waals surface area (Å²) in [6.45, 7) is 3.44. The quantitative estimate of drug-likeness (QED) is 0.851. The zero-order chi connectivity index (χ0) is 15.0. The maximum absolute atomic E-state index is 11.6. The molecule has 21 heavy (non-hydrogen) atoms. The Morgan fingerprint density at radius 1 is 1.48 bits per heavy atom. The summed E-state index contributed by atoms with van der Waals surface area (Å²) < 4.78 is 0. The zero-order valence-electron chi connectivity index (χ0n) is 11.8. The van der Waals surface area contributed by atoms with Crippen molar-refractivity contribution in [2.75, 3.05) is 18.0 Å². The fourth-order valence-electron chi connectivity index (χ4n) is 3.21. The van der Waals surface area contributed by atoms with E-state index in [4.69, 9.17) is 0 Å². The van der Waals surface area contributed by atoms with Crippen LogP contribution >= 0.6 is 11.3 Å². The van der Waals surface area contributed by atoms with Crippen LogP contribution in [0.2, 0.25) is 0 Å². The van der Waals surface area contributed by atoms with Gasteiger partial charge in [0.2, 0.25) is 11.0 Å². The SMILES string of the molecule is CCc1nnc(N2CCC3(CC2)NC(=O)C[C@H]3C(=O)O)s1. The van der Waals surface area contributed by atoms with E-state index < -0.39 is 17.4 Å². The lowest BCUT2D eigenvalue weighted by atomic mass is 9.78. The second-order valence-electron chi connectivity index (χ2n) is 5.62. The molecule has 3 rings (SSSR count). The van der Waals surface area contributed by atoms with Crippen LogP contribution in [0.5, 0.6) is 0 Å². The fourth-order valence-corrected chi connectivity index (χ4v) is 4.04. The Labute approximate surface area is 126 Å². The summed E-state index contributed by atoms with van der Waals surface area (Å²) in [6.07, 6.45) is 2.23. The minimum atomic E-state index is -0.883. The molecule has 2 fully saturated rings. The largest absolute Gasteiger partial charge is 0.481 e. The predicted octanol–water partition coefficient (Wildman–Crippen LogP) is 0.660. The third-order valence-corrected chi connectivity index (χ3v) is 5.56. The number of nitrogens with one attached hydrogen (secondary N) is 1. The van der Waals surface area contributed by atoms with Gasteiger partial charge in [0.1, 0.15) is 5.01 Å². The molecule has 0 radical (unpaired) electrons. The van der Waals surface area contributed by atoms with Crippen molar-refractivity contribution in [2.24, 2.45) is 5.92 Å². The molecule has 114 valence electrons. The van der Waals surface area contributed by atoms with Crippen LogP contribution in [0.3, 0.4) is 0 Å². The summed E-state index contributed by atoms with van der Waals surface area (Å²) in [7, 11) is 0. The molecular formula is C13H18N4O3S. The van der Waals surface area contributed by atoms with Crippen LogP contribution in [0, 0.1) is 5.92 Å². The Morgan fingerprint density at radius 2 is 2.19 bits per heavy atom. The Balaban J connectivity index is 1.72. The first-order valence-corrected chi connectivity index (χ1v) is 7.97. The highest BCUT2D eigenvalue weighted by molar-refractivity contribution is 7.15. The van der Waals surface area contributed by atoms with Crippen LogP contribution in [0.15, 0.2) is 0 Å². The van der Waals surface area contributed by atoms with Crippen molar-refractivity contribution in [1.82, 2.24) is 15.5 Å². The number of amides is 1. The molecule has 1 aromatic rings.